The van der Waals surface area contributed by atoms with Gasteiger partial charge in [-0.1, -0.05) is 69.3 Å². The fraction of sp³-hybridized carbons (Fsp3) is 0.345. The summed E-state index contributed by atoms with van der Waals surface area (Å²) in [6.45, 7) is 7.18. The van der Waals surface area contributed by atoms with Crippen molar-refractivity contribution >= 4 is 11.5 Å². The highest BCUT2D eigenvalue weighted by Crippen LogP contribution is 2.37. The lowest BCUT2D eigenvalue weighted by atomic mass is 9.87. The van der Waals surface area contributed by atoms with Crippen molar-refractivity contribution in [3.63, 3.8) is 0 Å². The molecule has 0 spiro atoms. The Hall–Kier alpha value is -4.07. The highest BCUT2D eigenvalue weighted by Gasteiger charge is 2.28. The second kappa shape index (κ2) is 10.5. The predicted octanol–water partition coefficient (Wildman–Crippen LogP) is 5.42. The van der Waals surface area contributed by atoms with Gasteiger partial charge in [0.25, 0.3) is 0 Å². The minimum absolute atomic E-state index is 0.442. The third kappa shape index (κ3) is 5.09. The number of hydrogen-bond donors (Lipinski definition) is 2. The number of rotatable bonds is 7. The van der Waals surface area contributed by atoms with E-state index in [1.165, 1.54) is 6.08 Å². The van der Waals surface area contributed by atoms with Crippen LogP contribution in [0.4, 0.5) is 0 Å². The highest BCUT2D eigenvalue weighted by atomic mass is 16.4. The van der Waals surface area contributed by atoms with Gasteiger partial charge in [-0.05, 0) is 63.8 Å². The van der Waals surface area contributed by atoms with Gasteiger partial charge in [0.1, 0.15) is 5.82 Å². The Balaban J connectivity index is 1.50. The molecule has 0 radical (unpaired) electrons. The molecular weight excluding hydrogens is 464 g/mol. The Morgan fingerprint density at radius 2 is 1.92 bits per heavy atom. The minimum atomic E-state index is -0.902. The Morgan fingerprint density at radius 1 is 1.16 bits per heavy atom. The molecule has 1 aliphatic carbocycles. The molecule has 37 heavy (non-hydrogen) atoms. The first-order valence-corrected chi connectivity index (χ1v) is 12.9. The summed E-state index contributed by atoms with van der Waals surface area (Å²) in [5.74, 6) is 1.66. The van der Waals surface area contributed by atoms with Crippen molar-refractivity contribution in [3.05, 3.63) is 77.4 Å². The minimum Gasteiger partial charge on any atom is -0.478 e. The average molecular weight is 497 g/mol. The molecule has 2 N–H and O–H groups in total. The molecule has 8 heteroatoms. The number of hydrogen-bond acceptors (Lipinski definition) is 5. The van der Waals surface area contributed by atoms with Crippen molar-refractivity contribution in [3.8, 4) is 22.5 Å². The Kier molecular flexibility index (Phi) is 6.99. The Bertz CT molecular complexity index is 1420. The maximum Gasteiger partial charge on any atom is 0.328 e. The van der Waals surface area contributed by atoms with Gasteiger partial charge in [0.2, 0.25) is 0 Å². The summed E-state index contributed by atoms with van der Waals surface area (Å²) < 4.78 is 2.23. The summed E-state index contributed by atoms with van der Waals surface area (Å²) in [4.78, 5) is 16.8. The van der Waals surface area contributed by atoms with Crippen molar-refractivity contribution in [1.82, 2.24) is 30.2 Å². The summed E-state index contributed by atoms with van der Waals surface area (Å²) in [5.41, 5.74) is 7.10. The van der Waals surface area contributed by atoms with Gasteiger partial charge in [0.15, 0.2) is 5.82 Å². The van der Waals surface area contributed by atoms with E-state index < -0.39 is 5.97 Å². The van der Waals surface area contributed by atoms with Gasteiger partial charge in [-0.3, -0.25) is 0 Å². The van der Waals surface area contributed by atoms with Crippen LogP contribution in [0.2, 0.25) is 0 Å². The average Bonchev–Trinajstić information content (AvgIpc) is 3.50. The van der Waals surface area contributed by atoms with E-state index >= 15 is 0 Å². The molecule has 4 aromatic rings. The lowest BCUT2D eigenvalue weighted by Crippen LogP contribution is -2.12. The van der Waals surface area contributed by atoms with Crippen LogP contribution in [0.3, 0.4) is 0 Å². The maximum atomic E-state index is 11.8. The number of aryl methyl sites for hydroxylation is 2. The summed E-state index contributed by atoms with van der Waals surface area (Å²) in [7, 11) is 0. The second-order valence-corrected chi connectivity index (χ2v) is 10.0. The van der Waals surface area contributed by atoms with Crippen LogP contribution in [0.5, 0.6) is 0 Å². The van der Waals surface area contributed by atoms with Gasteiger partial charge in [0, 0.05) is 24.6 Å². The molecule has 5 rings (SSSR count). The molecular formula is C29H32N6O2. The summed E-state index contributed by atoms with van der Waals surface area (Å²) >= 11 is 0. The van der Waals surface area contributed by atoms with E-state index in [9.17, 15) is 9.90 Å². The fourth-order valence-electron chi connectivity index (χ4n) is 5.36. The van der Waals surface area contributed by atoms with E-state index in [2.05, 4.69) is 76.3 Å². The lowest BCUT2D eigenvalue weighted by Gasteiger charge is -2.20. The summed E-state index contributed by atoms with van der Waals surface area (Å²) in [5, 5.41) is 24.0. The molecule has 8 nitrogen and oxygen atoms in total. The van der Waals surface area contributed by atoms with Crippen LogP contribution in [0.25, 0.3) is 28.1 Å². The molecule has 0 fully saturated rings. The van der Waals surface area contributed by atoms with Crippen LogP contribution < -0.4 is 0 Å². The molecule has 1 aliphatic rings. The van der Waals surface area contributed by atoms with E-state index in [4.69, 9.17) is 4.98 Å². The molecule has 1 unspecified atom stereocenters. The highest BCUT2D eigenvalue weighted by molar-refractivity contribution is 5.90. The molecule has 0 amide bonds. The van der Waals surface area contributed by atoms with Gasteiger partial charge in [0.05, 0.1) is 11.4 Å². The number of aliphatic carboxylic acids is 1. The number of aromatic nitrogens is 6. The quantitative estimate of drug-likeness (QED) is 0.261. The van der Waals surface area contributed by atoms with E-state index in [0.717, 1.165) is 70.7 Å². The number of carboxylic acid groups (broad SMARTS) is 1. The molecule has 0 bridgehead atoms. The smallest absolute Gasteiger partial charge is 0.328 e. The number of nitrogens with zero attached hydrogens (tertiary/aromatic N) is 5. The molecule has 1 atom stereocenters. The van der Waals surface area contributed by atoms with Crippen LogP contribution >= 0.6 is 0 Å². The normalized spacial score (nSPS) is 16.6. The van der Waals surface area contributed by atoms with Crippen molar-refractivity contribution in [2.24, 2.45) is 11.8 Å². The molecule has 2 heterocycles. The Morgan fingerprint density at radius 3 is 2.57 bits per heavy atom. The maximum absolute atomic E-state index is 11.8. The number of H-pyrrole nitrogens is 1. The molecule has 0 aliphatic heterocycles. The molecule has 0 saturated carbocycles. The number of allylic oxidation sites excluding steroid dienone is 1. The first-order chi connectivity index (χ1) is 17.9. The van der Waals surface area contributed by atoms with Gasteiger partial charge < -0.3 is 9.67 Å². The van der Waals surface area contributed by atoms with Crippen molar-refractivity contribution in [2.75, 3.05) is 0 Å². The van der Waals surface area contributed by atoms with E-state index in [1.54, 1.807) is 0 Å². The van der Waals surface area contributed by atoms with Gasteiger partial charge >= 0.3 is 5.97 Å². The number of carboxylic acids is 1. The van der Waals surface area contributed by atoms with Crippen LogP contribution in [0, 0.1) is 11.8 Å². The number of benzene rings is 2. The third-order valence-corrected chi connectivity index (χ3v) is 7.35. The zero-order valence-corrected chi connectivity index (χ0v) is 21.5. The second-order valence-electron chi connectivity index (χ2n) is 10.0. The molecule has 190 valence electrons. The van der Waals surface area contributed by atoms with Gasteiger partial charge in [-0.15, -0.1) is 5.10 Å². The van der Waals surface area contributed by atoms with E-state index in [1.807, 2.05) is 18.2 Å². The van der Waals surface area contributed by atoms with E-state index in [-0.39, 0.29) is 0 Å². The number of carbonyl (C=O) groups is 1. The first-order valence-electron chi connectivity index (χ1n) is 12.9. The summed E-state index contributed by atoms with van der Waals surface area (Å²) in [6, 6.07) is 16.5. The number of aromatic amines is 1. The van der Waals surface area contributed by atoms with Crippen LogP contribution in [-0.4, -0.2) is 41.3 Å². The van der Waals surface area contributed by atoms with Crippen LogP contribution in [0.1, 0.15) is 56.4 Å². The largest absolute Gasteiger partial charge is 0.478 e. The molecule has 2 aromatic carbocycles. The number of imidazole rings is 1. The molecule has 2 aromatic heterocycles. The van der Waals surface area contributed by atoms with Crippen LogP contribution in [-0.2, 0) is 24.2 Å². The zero-order valence-electron chi connectivity index (χ0n) is 21.5. The van der Waals surface area contributed by atoms with Gasteiger partial charge in [-0.25, -0.2) is 14.9 Å². The lowest BCUT2D eigenvalue weighted by molar-refractivity contribution is -0.131. The Labute approximate surface area is 216 Å². The third-order valence-electron chi connectivity index (χ3n) is 7.35. The van der Waals surface area contributed by atoms with Crippen molar-refractivity contribution in [2.45, 2.75) is 53.0 Å². The van der Waals surface area contributed by atoms with Crippen molar-refractivity contribution < 1.29 is 9.90 Å². The topological polar surface area (TPSA) is 110 Å². The SMILES string of the molecule is CCc1nc2c(n1Cc1ccc(-c3ccccc3-c3nnn[nH]3)cc1)C(=CC(=O)O)CC(C(C)C)CC2. The standard InChI is InChI=1S/C29H32N6O2/c1-4-26-30-25-14-13-21(18(2)3)15-22(16-27(36)37)28(25)35(26)17-19-9-11-20(12-10-19)23-7-5-6-8-24(23)29-31-33-34-32-29/h5-12,16,18,21H,4,13-15,17H2,1-3H3,(H,36,37)(H,31,32,33,34). The monoisotopic (exact) mass is 496 g/mol. The van der Waals surface area contributed by atoms with E-state index in [0.29, 0.717) is 24.2 Å². The van der Waals surface area contributed by atoms with Crippen LogP contribution in [0.15, 0.2) is 54.6 Å². The summed E-state index contributed by atoms with van der Waals surface area (Å²) in [6.07, 6.45) is 4.85. The predicted molar refractivity (Wildman–Crippen MR) is 143 cm³/mol. The zero-order chi connectivity index (χ0) is 25.9. The van der Waals surface area contributed by atoms with Crippen molar-refractivity contribution in [1.29, 1.82) is 0 Å². The first kappa shape index (κ1) is 24.6. The van der Waals surface area contributed by atoms with Gasteiger partial charge in [-0.2, -0.15) is 0 Å². The number of nitrogens with one attached hydrogen (secondary N) is 1. The molecule has 0 saturated heterocycles. The number of fused-ring (bicyclic) bond motifs is 1. The number of tetrazole rings is 1. The fourth-order valence-corrected chi connectivity index (χ4v) is 5.36.